The molecule has 0 spiro atoms. The lowest BCUT2D eigenvalue weighted by Crippen LogP contribution is -2.42. The fraction of sp³-hybridized carbons (Fsp3) is 0.833. The van der Waals surface area contributed by atoms with E-state index < -0.39 is 0 Å². The summed E-state index contributed by atoms with van der Waals surface area (Å²) in [7, 11) is 1.82. The fourth-order valence-corrected chi connectivity index (χ4v) is 2.48. The highest BCUT2D eigenvalue weighted by Crippen LogP contribution is 2.25. The lowest BCUT2D eigenvalue weighted by atomic mass is 9.97. The summed E-state index contributed by atoms with van der Waals surface area (Å²) < 4.78 is 5.55. The first kappa shape index (κ1) is 14.4. The normalized spacial score (nSPS) is 25.6. The molecule has 0 aromatic rings. The fourth-order valence-electron chi connectivity index (χ4n) is 2.24. The average molecular weight is 258 g/mol. The molecule has 17 heavy (non-hydrogen) atoms. The second kappa shape index (κ2) is 6.31. The Labute approximate surface area is 108 Å². The van der Waals surface area contributed by atoms with E-state index in [0.29, 0.717) is 18.0 Å². The smallest absolute Gasteiger partial charge is 0.228 e. The Morgan fingerprint density at radius 2 is 2.29 bits per heavy atom. The first-order valence-electron chi connectivity index (χ1n) is 6.14. The number of carbonyl (C=O) groups excluding carboxylic acids is 1. The van der Waals surface area contributed by atoms with Gasteiger partial charge in [-0.1, -0.05) is 19.1 Å². The van der Waals surface area contributed by atoms with Gasteiger partial charge in [-0.15, -0.1) is 0 Å². The van der Waals surface area contributed by atoms with E-state index in [1.807, 2.05) is 14.0 Å². The maximum atomic E-state index is 12.3. The van der Waals surface area contributed by atoms with Gasteiger partial charge in [0, 0.05) is 26.1 Å². The Morgan fingerprint density at radius 1 is 1.65 bits per heavy atom. The third-order valence-corrected chi connectivity index (χ3v) is 3.60. The summed E-state index contributed by atoms with van der Waals surface area (Å²) in [5.74, 6) is 0.150. The van der Waals surface area contributed by atoms with Crippen LogP contribution in [-0.4, -0.2) is 41.6 Å². The van der Waals surface area contributed by atoms with Crippen LogP contribution < -0.4 is 5.73 Å². The van der Waals surface area contributed by atoms with Gasteiger partial charge in [0.1, 0.15) is 0 Å². The molecule has 5 heteroatoms. The minimum Gasteiger partial charge on any atom is -0.393 e. The Bertz CT molecular complexity index is 296. The van der Waals surface area contributed by atoms with Crippen molar-refractivity contribution in [2.24, 2.45) is 11.7 Å². The zero-order chi connectivity index (χ0) is 13.0. The van der Waals surface area contributed by atoms with Gasteiger partial charge in [0.2, 0.25) is 5.91 Å². The number of amides is 1. The Balaban J connectivity index is 2.59. The SMILES string of the molecule is CCC1OCCC1C(=O)N(C)C(C)CC(N)=S. The molecular weight excluding hydrogens is 236 g/mol. The quantitative estimate of drug-likeness (QED) is 0.756. The summed E-state index contributed by atoms with van der Waals surface area (Å²) in [6, 6.07) is 0.0538. The molecule has 1 saturated heterocycles. The van der Waals surface area contributed by atoms with Crippen LogP contribution in [0.1, 0.15) is 33.1 Å². The van der Waals surface area contributed by atoms with E-state index in [-0.39, 0.29) is 24.0 Å². The largest absolute Gasteiger partial charge is 0.393 e. The van der Waals surface area contributed by atoms with Gasteiger partial charge >= 0.3 is 0 Å². The van der Waals surface area contributed by atoms with E-state index >= 15 is 0 Å². The summed E-state index contributed by atoms with van der Waals surface area (Å²) in [6.45, 7) is 4.70. The van der Waals surface area contributed by atoms with Crippen LogP contribution in [0.25, 0.3) is 0 Å². The van der Waals surface area contributed by atoms with E-state index in [9.17, 15) is 4.79 Å². The third-order valence-electron chi connectivity index (χ3n) is 3.43. The molecule has 1 amide bonds. The lowest BCUT2D eigenvalue weighted by molar-refractivity contribution is -0.137. The second-order valence-corrected chi connectivity index (χ2v) is 5.21. The summed E-state index contributed by atoms with van der Waals surface area (Å²) in [4.78, 5) is 14.5. The first-order chi connectivity index (χ1) is 7.97. The van der Waals surface area contributed by atoms with E-state index in [1.165, 1.54) is 0 Å². The van der Waals surface area contributed by atoms with Crippen molar-refractivity contribution in [2.75, 3.05) is 13.7 Å². The molecule has 1 aliphatic heterocycles. The van der Waals surface area contributed by atoms with Crippen LogP contribution >= 0.6 is 12.2 Å². The summed E-state index contributed by atoms with van der Waals surface area (Å²) in [5.41, 5.74) is 5.51. The number of thiocarbonyl (C=S) groups is 1. The Hall–Kier alpha value is -0.680. The topological polar surface area (TPSA) is 55.6 Å². The molecule has 0 bridgehead atoms. The van der Waals surface area contributed by atoms with Crippen molar-refractivity contribution >= 4 is 23.1 Å². The van der Waals surface area contributed by atoms with E-state index in [2.05, 4.69) is 6.92 Å². The van der Waals surface area contributed by atoms with Gasteiger partial charge in [-0.2, -0.15) is 0 Å². The van der Waals surface area contributed by atoms with Crippen LogP contribution in [0.3, 0.4) is 0 Å². The molecule has 4 nitrogen and oxygen atoms in total. The molecule has 1 rings (SSSR count). The number of ether oxygens (including phenoxy) is 1. The van der Waals surface area contributed by atoms with Crippen molar-refractivity contribution < 1.29 is 9.53 Å². The molecule has 0 aliphatic carbocycles. The van der Waals surface area contributed by atoms with Crippen LogP contribution in [-0.2, 0) is 9.53 Å². The van der Waals surface area contributed by atoms with Gasteiger partial charge in [-0.3, -0.25) is 4.79 Å². The summed E-state index contributed by atoms with van der Waals surface area (Å²) in [6.07, 6.45) is 2.35. The van der Waals surface area contributed by atoms with Crippen LogP contribution in [0.4, 0.5) is 0 Å². The average Bonchev–Trinajstić information content (AvgIpc) is 2.73. The maximum Gasteiger partial charge on any atom is 0.228 e. The predicted octanol–water partition coefficient (Wildman–Crippen LogP) is 1.32. The highest BCUT2D eigenvalue weighted by Gasteiger charge is 2.35. The van der Waals surface area contributed by atoms with E-state index in [0.717, 1.165) is 12.8 Å². The van der Waals surface area contributed by atoms with Gasteiger partial charge in [0.05, 0.1) is 17.0 Å². The number of rotatable bonds is 5. The third kappa shape index (κ3) is 3.64. The Kier molecular flexibility index (Phi) is 5.33. The summed E-state index contributed by atoms with van der Waals surface area (Å²) in [5, 5.41) is 0. The first-order valence-corrected chi connectivity index (χ1v) is 6.54. The molecule has 2 N–H and O–H groups in total. The zero-order valence-electron chi connectivity index (χ0n) is 10.8. The van der Waals surface area contributed by atoms with Gasteiger partial charge in [-0.25, -0.2) is 0 Å². The molecule has 0 aromatic carbocycles. The molecule has 1 heterocycles. The highest BCUT2D eigenvalue weighted by molar-refractivity contribution is 7.80. The maximum absolute atomic E-state index is 12.3. The molecule has 0 radical (unpaired) electrons. The van der Waals surface area contributed by atoms with E-state index in [1.54, 1.807) is 4.90 Å². The number of nitrogens with zero attached hydrogens (tertiary/aromatic N) is 1. The van der Waals surface area contributed by atoms with Crippen LogP contribution in [0, 0.1) is 5.92 Å². The van der Waals surface area contributed by atoms with Crippen molar-refractivity contribution in [2.45, 2.75) is 45.3 Å². The van der Waals surface area contributed by atoms with Crippen LogP contribution in [0.5, 0.6) is 0 Å². The molecular formula is C12H22N2O2S. The van der Waals surface area contributed by atoms with Crippen molar-refractivity contribution in [3.8, 4) is 0 Å². The molecule has 3 unspecified atom stereocenters. The highest BCUT2D eigenvalue weighted by atomic mass is 32.1. The molecule has 0 aromatic heterocycles. The number of hydrogen-bond donors (Lipinski definition) is 1. The van der Waals surface area contributed by atoms with Gasteiger partial charge in [-0.05, 0) is 19.8 Å². The monoisotopic (exact) mass is 258 g/mol. The molecule has 3 atom stereocenters. The number of nitrogens with two attached hydrogens (primary N) is 1. The van der Waals surface area contributed by atoms with Crippen LogP contribution in [0.15, 0.2) is 0 Å². The minimum atomic E-state index is -0.00111. The van der Waals surface area contributed by atoms with Crippen molar-refractivity contribution in [3.63, 3.8) is 0 Å². The molecule has 98 valence electrons. The predicted molar refractivity (Wildman–Crippen MR) is 71.8 cm³/mol. The van der Waals surface area contributed by atoms with Crippen molar-refractivity contribution in [1.29, 1.82) is 0 Å². The summed E-state index contributed by atoms with van der Waals surface area (Å²) >= 11 is 4.87. The van der Waals surface area contributed by atoms with Gasteiger partial charge < -0.3 is 15.4 Å². The molecule has 1 fully saturated rings. The lowest BCUT2D eigenvalue weighted by Gasteiger charge is -2.28. The van der Waals surface area contributed by atoms with Gasteiger partial charge in [0.25, 0.3) is 0 Å². The van der Waals surface area contributed by atoms with Crippen molar-refractivity contribution in [3.05, 3.63) is 0 Å². The molecule has 1 aliphatic rings. The van der Waals surface area contributed by atoms with E-state index in [4.69, 9.17) is 22.7 Å². The van der Waals surface area contributed by atoms with Crippen molar-refractivity contribution in [1.82, 2.24) is 4.90 Å². The number of hydrogen-bond acceptors (Lipinski definition) is 3. The van der Waals surface area contributed by atoms with Crippen LogP contribution in [0.2, 0.25) is 0 Å². The molecule has 0 saturated carbocycles. The standard InChI is InChI=1S/C12H22N2O2S/c1-4-10-9(5-6-16-10)12(15)14(3)8(2)7-11(13)17/h8-10H,4-7H2,1-3H3,(H2,13,17). The number of carbonyl (C=O) groups is 1. The Morgan fingerprint density at radius 3 is 2.82 bits per heavy atom. The zero-order valence-corrected chi connectivity index (χ0v) is 11.6. The minimum absolute atomic E-state index is 0.00111. The van der Waals surface area contributed by atoms with Gasteiger partial charge in [0.15, 0.2) is 0 Å². The second-order valence-electron chi connectivity index (χ2n) is 4.68.